The fourth-order valence-electron chi connectivity index (χ4n) is 6.12. The average Bonchev–Trinajstić information content (AvgIpc) is 3.17. The Hall–Kier alpha value is -5.32. The first-order chi connectivity index (χ1) is 26.0. The first-order valence-corrected chi connectivity index (χ1v) is 18.5. The van der Waals surface area contributed by atoms with E-state index in [4.69, 9.17) is 9.47 Å². The Kier molecular flexibility index (Phi) is 16.1. The molecule has 276 valence electrons. The summed E-state index contributed by atoms with van der Waals surface area (Å²) >= 11 is 0. The SMILES string of the molecule is CCOC(=O)CCC(=O)CCCCCOc1cc(CN(Cc2ccccn2)Cc2ccccn2)cc(CN(Cc2ccccn2)Cc2ccccn2)c1. The van der Waals surface area contributed by atoms with Crippen LogP contribution in [0.4, 0.5) is 0 Å². The molecule has 10 nitrogen and oxygen atoms in total. The molecule has 0 aliphatic rings. The van der Waals surface area contributed by atoms with Gasteiger partial charge in [-0.25, -0.2) is 0 Å². The summed E-state index contributed by atoms with van der Waals surface area (Å²) in [7, 11) is 0. The molecule has 0 aliphatic carbocycles. The maximum absolute atomic E-state index is 12.3. The van der Waals surface area contributed by atoms with Crippen molar-refractivity contribution in [1.29, 1.82) is 0 Å². The highest BCUT2D eigenvalue weighted by Crippen LogP contribution is 2.23. The summed E-state index contributed by atoms with van der Waals surface area (Å²) in [4.78, 5) is 47.0. The molecule has 4 heterocycles. The van der Waals surface area contributed by atoms with Crippen LogP contribution in [0.2, 0.25) is 0 Å². The van der Waals surface area contributed by atoms with E-state index in [9.17, 15) is 9.59 Å². The van der Waals surface area contributed by atoms with E-state index in [1.54, 1.807) is 6.92 Å². The summed E-state index contributed by atoms with van der Waals surface area (Å²) in [6.07, 6.45) is 10.6. The minimum atomic E-state index is -0.316. The zero-order valence-electron chi connectivity index (χ0n) is 30.7. The number of ether oxygens (including phenoxy) is 2. The molecule has 5 aromatic rings. The molecular weight excluding hydrogens is 665 g/mol. The summed E-state index contributed by atoms with van der Waals surface area (Å²) in [5, 5.41) is 0. The van der Waals surface area contributed by atoms with Gasteiger partial charge in [0.25, 0.3) is 0 Å². The summed E-state index contributed by atoms with van der Waals surface area (Å²) in [5.74, 6) is 0.594. The third-order valence-corrected chi connectivity index (χ3v) is 8.57. The van der Waals surface area contributed by atoms with Gasteiger partial charge in [-0.2, -0.15) is 0 Å². The minimum Gasteiger partial charge on any atom is -0.494 e. The van der Waals surface area contributed by atoms with Crippen molar-refractivity contribution in [1.82, 2.24) is 29.7 Å². The normalized spacial score (nSPS) is 11.2. The van der Waals surface area contributed by atoms with Crippen molar-refractivity contribution in [2.24, 2.45) is 0 Å². The van der Waals surface area contributed by atoms with Crippen LogP contribution in [0.3, 0.4) is 0 Å². The Bertz CT molecular complexity index is 1610. The van der Waals surface area contributed by atoms with Crippen molar-refractivity contribution in [3.05, 3.63) is 150 Å². The second-order valence-electron chi connectivity index (χ2n) is 13.1. The van der Waals surface area contributed by atoms with Crippen LogP contribution in [-0.4, -0.2) is 54.7 Å². The second kappa shape index (κ2) is 21.9. The molecule has 5 rings (SSSR count). The van der Waals surface area contributed by atoms with Crippen molar-refractivity contribution in [2.75, 3.05) is 13.2 Å². The lowest BCUT2D eigenvalue weighted by Crippen LogP contribution is -2.25. The van der Waals surface area contributed by atoms with E-state index in [0.717, 1.165) is 58.9 Å². The molecule has 0 saturated heterocycles. The van der Waals surface area contributed by atoms with Crippen LogP contribution in [0.5, 0.6) is 5.75 Å². The third kappa shape index (κ3) is 14.7. The lowest BCUT2D eigenvalue weighted by Gasteiger charge is -2.25. The third-order valence-electron chi connectivity index (χ3n) is 8.57. The van der Waals surface area contributed by atoms with Gasteiger partial charge in [0.1, 0.15) is 11.5 Å². The van der Waals surface area contributed by atoms with Crippen LogP contribution in [0.25, 0.3) is 0 Å². The molecule has 0 spiro atoms. The molecule has 0 unspecified atom stereocenters. The molecule has 1 aromatic carbocycles. The van der Waals surface area contributed by atoms with Gasteiger partial charge in [0.15, 0.2) is 0 Å². The van der Waals surface area contributed by atoms with E-state index in [1.807, 2.05) is 73.3 Å². The molecule has 0 atom stereocenters. The van der Waals surface area contributed by atoms with Crippen molar-refractivity contribution in [2.45, 2.75) is 84.7 Å². The Morgan fingerprint density at radius 3 is 1.43 bits per heavy atom. The molecule has 0 amide bonds. The first kappa shape index (κ1) is 38.9. The fraction of sp³-hybridized carbons (Fsp3) is 0.349. The van der Waals surface area contributed by atoms with Gasteiger partial charge in [0, 0.05) is 76.9 Å². The minimum absolute atomic E-state index is 0.0956. The van der Waals surface area contributed by atoms with Gasteiger partial charge in [-0.1, -0.05) is 30.3 Å². The van der Waals surface area contributed by atoms with E-state index in [2.05, 4.69) is 72.2 Å². The van der Waals surface area contributed by atoms with Crippen LogP contribution in [0.1, 0.15) is 79.4 Å². The number of carbonyl (C=O) groups excluding carboxylic acids is 2. The van der Waals surface area contributed by atoms with Crippen molar-refractivity contribution >= 4 is 11.8 Å². The van der Waals surface area contributed by atoms with Crippen LogP contribution < -0.4 is 4.74 Å². The number of benzene rings is 1. The number of ketones is 1. The summed E-state index contributed by atoms with van der Waals surface area (Å²) < 4.78 is 11.3. The maximum Gasteiger partial charge on any atom is 0.306 e. The number of carbonyl (C=O) groups is 2. The monoisotopic (exact) mass is 714 g/mol. The van der Waals surface area contributed by atoms with E-state index >= 15 is 0 Å². The Morgan fingerprint density at radius 2 is 1.02 bits per heavy atom. The number of Topliss-reactive ketones (excluding diaryl/α,β-unsaturated/α-hetero) is 1. The number of pyridine rings is 4. The largest absolute Gasteiger partial charge is 0.494 e. The van der Waals surface area contributed by atoms with Gasteiger partial charge >= 0.3 is 5.97 Å². The molecule has 10 heteroatoms. The molecular formula is C43H50N6O4. The van der Waals surface area contributed by atoms with E-state index in [1.165, 1.54) is 0 Å². The standard InChI is InChI=1S/C43H50N6O4/c1-2-52-43(51)20-19-41(50)18-4-3-13-25-53-42-27-35(29-48(31-37-14-5-9-21-44-37)32-38-15-6-10-22-45-38)26-36(28-42)30-49(33-39-16-7-11-23-46-39)34-40-17-8-12-24-47-40/h5-12,14-17,21-24,26-28H,2-4,13,18-20,25,29-34H2,1H3. The topological polar surface area (TPSA) is 111 Å². The highest BCUT2D eigenvalue weighted by atomic mass is 16.5. The zero-order valence-corrected chi connectivity index (χ0v) is 30.7. The number of aromatic nitrogens is 4. The Balaban J connectivity index is 1.31. The predicted molar refractivity (Wildman–Crippen MR) is 204 cm³/mol. The maximum atomic E-state index is 12.3. The quantitative estimate of drug-likeness (QED) is 0.0498. The Morgan fingerprint density at radius 1 is 0.547 bits per heavy atom. The predicted octanol–water partition coefficient (Wildman–Crippen LogP) is 7.52. The van der Waals surface area contributed by atoms with Gasteiger partial charge in [0.05, 0.1) is 42.4 Å². The molecule has 0 N–H and O–H groups in total. The Labute approximate surface area is 313 Å². The number of esters is 1. The number of hydrogen-bond donors (Lipinski definition) is 0. The van der Waals surface area contributed by atoms with Gasteiger partial charge in [0.2, 0.25) is 0 Å². The zero-order chi connectivity index (χ0) is 36.9. The van der Waals surface area contributed by atoms with E-state index in [0.29, 0.717) is 58.9 Å². The molecule has 4 aromatic heterocycles. The average molecular weight is 715 g/mol. The van der Waals surface area contributed by atoms with E-state index < -0.39 is 0 Å². The van der Waals surface area contributed by atoms with Crippen LogP contribution in [0, 0.1) is 0 Å². The molecule has 0 aliphatic heterocycles. The smallest absolute Gasteiger partial charge is 0.306 e. The molecule has 0 bridgehead atoms. The highest BCUT2D eigenvalue weighted by molar-refractivity contribution is 5.82. The van der Waals surface area contributed by atoms with Crippen molar-refractivity contribution in [3.63, 3.8) is 0 Å². The fourth-order valence-corrected chi connectivity index (χ4v) is 6.12. The summed E-state index contributed by atoms with van der Waals surface area (Å²) in [6.45, 7) is 6.66. The molecule has 53 heavy (non-hydrogen) atoms. The van der Waals surface area contributed by atoms with Crippen molar-refractivity contribution < 1.29 is 19.1 Å². The van der Waals surface area contributed by atoms with Crippen molar-refractivity contribution in [3.8, 4) is 5.75 Å². The lowest BCUT2D eigenvalue weighted by molar-refractivity contribution is -0.144. The second-order valence-corrected chi connectivity index (χ2v) is 13.1. The molecule has 0 fully saturated rings. The summed E-state index contributed by atoms with van der Waals surface area (Å²) in [5.41, 5.74) is 6.23. The summed E-state index contributed by atoms with van der Waals surface area (Å²) in [6, 6.07) is 30.6. The van der Waals surface area contributed by atoms with Gasteiger partial charge in [-0.3, -0.25) is 39.3 Å². The first-order valence-electron chi connectivity index (χ1n) is 18.5. The molecule has 0 radical (unpaired) electrons. The van der Waals surface area contributed by atoms with E-state index in [-0.39, 0.29) is 24.6 Å². The molecule has 0 saturated carbocycles. The number of unbranched alkanes of at least 4 members (excludes halogenated alkanes) is 2. The van der Waals surface area contributed by atoms with Gasteiger partial charge in [-0.15, -0.1) is 0 Å². The number of nitrogens with zero attached hydrogens (tertiary/aromatic N) is 6. The van der Waals surface area contributed by atoms with Crippen LogP contribution in [-0.2, 0) is 53.6 Å². The van der Waals surface area contributed by atoms with Gasteiger partial charge in [-0.05, 0) is 98.0 Å². The van der Waals surface area contributed by atoms with Crippen LogP contribution in [0.15, 0.2) is 116 Å². The lowest BCUT2D eigenvalue weighted by atomic mass is 10.1. The number of rotatable bonds is 23. The van der Waals surface area contributed by atoms with Crippen LogP contribution >= 0.6 is 0 Å². The van der Waals surface area contributed by atoms with Gasteiger partial charge < -0.3 is 9.47 Å². The highest BCUT2D eigenvalue weighted by Gasteiger charge is 2.15. The number of hydrogen-bond acceptors (Lipinski definition) is 10.